The second kappa shape index (κ2) is 5.18. The van der Waals surface area contributed by atoms with E-state index >= 15 is 0 Å². The summed E-state index contributed by atoms with van der Waals surface area (Å²) in [7, 11) is 0. The van der Waals surface area contributed by atoms with Crippen molar-refractivity contribution >= 4 is 23.3 Å². The van der Waals surface area contributed by atoms with Gasteiger partial charge < -0.3 is 5.32 Å². The third-order valence-corrected chi connectivity index (χ3v) is 2.88. The summed E-state index contributed by atoms with van der Waals surface area (Å²) >= 11 is 5.93. The van der Waals surface area contributed by atoms with Crippen molar-refractivity contribution in [1.82, 2.24) is 20.0 Å². The number of benzene rings is 1. The van der Waals surface area contributed by atoms with Crippen LogP contribution >= 0.6 is 11.6 Å². The van der Waals surface area contributed by atoms with Crippen molar-refractivity contribution in [2.45, 2.75) is 0 Å². The summed E-state index contributed by atoms with van der Waals surface area (Å²) in [5, 5.41) is 13.9. The number of aromatic nitrogens is 4. The molecule has 0 fully saturated rings. The van der Waals surface area contributed by atoms with Gasteiger partial charge in [0.05, 0.1) is 11.9 Å². The van der Waals surface area contributed by atoms with E-state index in [1.54, 1.807) is 41.3 Å². The highest BCUT2D eigenvalue weighted by molar-refractivity contribution is 6.30. The van der Waals surface area contributed by atoms with Gasteiger partial charge in [0.1, 0.15) is 5.82 Å². The van der Waals surface area contributed by atoms with Crippen LogP contribution in [0.25, 0.3) is 5.69 Å². The number of rotatable bonds is 3. The summed E-state index contributed by atoms with van der Waals surface area (Å²) in [6.45, 7) is 0. The Morgan fingerprint density at radius 3 is 2.95 bits per heavy atom. The van der Waals surface area contributed by atoms with Crippen molar-refractivity contribution in [3.05, 3.63) is 59.5 Å². The van der Waals surface area contributed by atoms with E-state index in [0.29, 0.717) is 16.5 Å². The minimum Gasteiger partial charge on any atom is -0.306 e. The molecule has 0 aliphatic heterocycles. The summed E-state index contributed by atoms with van der Waals surface area (Å²) in [6, 6.07) is 10.5. The zero-order valence-corrected chi connectivity index (χ0v) is 11.0. The van der Waals surface area contributed by atoms with E-state index in [9.17, 15) is 4.79 Å². The van der Waals surface area contributed by atoms with E-state index in [1.807, 2.05) is 12.1 Å². The Kier molecular flexibility index (Phi) is 3.22. The Morgan fingerprint density at radius 2 is 2.20 bits per heavy atom. The summed E-state index contributed by atoms with van der Waals surface area (Å²) in [5.74, 6) is 0.210. The second-order valence-electron chi connectivity index (χ2n) is 4.05. The molecule has 1 amide bonds. The molecule has 0 aliphatic rings. The van der Waals surface area contributed by atoms with Crippen LogP contribution in [0.5, 0.6) is 0 Å². The normalized spacial score (nSPS) is 10.4. The van der Waals surface area contributed by atoms with Crippen LogP contribution in [0.4, 0.5) is 5.82 Å². The molecule has 1 aromatic carbocycles. The Labute approximate surface area is 119 Å². The predicted octanol–water partition coefficient (Wildman–Crippen LogP) is 2.50. The van der Waals surface area contributed by atoms with Gasteiger partial charge in [-0.1, -0.05) is 17.7 Å². The first-order valence-corrected chi connectivity index (χ1v) is 6.22. The van der Waals surface area contributed by atoms with Crippen molar-refractivity contribution in [3.63, 3.8) is 0 Å². The molecule has 6 nitrogen and oxygen atoms in total. The quantitative estimate of drug-likeness (QED) is 0.777. The Bertz CT molecular complexity index is 735. The van der Waals surface area contributed by atoms with E-state index in [2.05, 4.69) is 20.6 Å². The molecule has 0 bridgehead atoms. The van der Waals surface area contributed by atoms with Gasteiger partial charge in [0.15, 0.2) is 5.69 Å². The smallest absolute Gasteiger partial charge is 0.277 e. The van der Waals surface area contributed by atoms with Gasteiger partial charge in [-0.05, 0) is 24.3 Å². The van der Waals surface area contributed by atoms with Gasteiger partial charge >= 0.3 is 0 Å². The number of H-pyrrole nitrogens is 1. The minimum atomic E-state index is -0.310. The number of carbonyl (C=O) groups is 1. The van der Waals surface area contributed by atoms with E-state index in [0.717, 1.165) is 5.69 Å². The third kappa shape index (κ3) is 2.55. The molecule has 3 aromatic rings. The molecular weight excluding hydrogens is 278 g/mol. The van der Waals surface area contributed by atoms with Crippen LogP contribution in [-0.4, -0.2) is 25.9 Å². The van der Waals surface area contributed by atoms with Crippen LogP contribution in [0.2, 0.25) is 5.02 Å². The fourth-order valence-electron chi connectivity index (χ4n) is 1.72. The molecule has 0 spiro atoms. The lowest BCUT2D eigenvalue weighted by atomic mass is 10.3. The maximum absolute atomic E-state index is 12.0. The summed E-state index contributed by atoms with van der Waals surface area (Å²) in [6.07, 6.45) is 3.26. The van der Waals surface area contributed by atoms with Crippen molar-refractivity contribution in [2.75, 3.05) is 5.32 Å². The van der Waals surface area contributed by atoms with Crippen LogP contribution in [0, 0.1) is 0 Å². The highest BCUT2D eigenvalue weighted by atomic mass is 35.5. The Hall–Kier alpha value is -2.60. The number of carbonyl (C=O) groups excluding carboxylic acids is 1. The highest BCUT2D eigenvalue weighted by Crippen LogP contribution is 2.14. The molecule has 2 heterocycles. The predicted molar refractivity (Wildman–Crippen MR) is 75.1 cm³/mol. The molecule has 3 rings (SSSR count). The van der Waals surface area contributed by atoms with Crippen molar-refractivity contribution in [3.8, 4) is 5.69 Å². The molecule has 20 heavy (non-hydrogen) atoms. The van der Waals surface area contributed by atoms with Gasteiger partial charge in [0, 0.05) is 17.3 Å². The van der Waals surface area contributed by atoms with E-state index in [1.165, 1.54) is 0 Å². The molecule has 0 saturated heterocycles. The molecule has 0 atom stereocenters. The minimum absolute atomic E-state index is 0.305. The Balaban J connectivity index is 1.81. The number of hydrogen-bond donors (Lipinski definition) is 2. The van der Waals surface area contributed by atoms with Gasteiger partial charge in [0.2, 0.25) is 0 Å². The number of amides is 1. The lowest BCUT2D eigenvalue weighted by Gasteiger charge is -2.01. The molecule has 0 aliphatic carbocycles. The number of hydrogen-bond acceptors (Lipinski definition) is 3. The molecule has 7 heteroatoms. The van der Waals surface area contributed by atoms with E-state index in [4.69, 9.17) is 11.6 Å². The first kappa shape index (κ1) is 12.4. The average Bonchev–Trinajstić information content (AvgIpc) is 3.09. The van der Waals surface area contributed by atoms with Crippen LogP contribution in [0.15, 0.2) is 48.8 Å². The third-order valence-electron chi connectivity index (χ3n) is 2.64. The molecule has 0 unspecified atom stereocenters. The number of anilines is 1. The number of nitrogens with one attached hydrogen (secondary N) is 2. The first-order chi connectivity index (χ1) is 9.72. The van der Waals surface area contributed by atoms with E-state index in [-0.39, 0.29) is 5.91 Å². The van der Waals surface area contributed by atoms with Gasteiger partial charge in [-0.15, -0.1) is 0 Å². The fraction of sp³-hybridized carbons (Fsp3) is 0. The average molecular weight is 288 g/mol. The van der Waals surface area contributed by atoms with Crippen molar-refractivity contribution < 1.29 is 4.79 Å². The van der Waals surface area contributed by atoms with Crippen molar-refractivity contribution in [2.24, 2.45) is 0 Å². The molecule has 0 radical (unpaired) electrons. The number of aromatic amines is 1. The van der Waals surface area contributed by atoms with Crippen LogP contribution in [0.1, 0.15) is 10.5 Å². The molecular formula is C13H10ClN5O. The van der Waals surface area contributed by atoms with E-state index < -0.39 is 0 Å². The monoisotopic (exact) mass is 287 g/mol. The fourth-order valence-corrected chi connectivity index (χ4v) is 1.90. The summed E-state index contributed by atoms with van der Waals surface area (Å²) < 4.78 is 1.59. The molecule has 2 N–H and O–H groups in total. The van der Waals surface area contributed by atoms with Crippen LogP contribution in [-0.2, 0) is 0 Å². The maximum atomic E-state index is 12.0. The number of halogens is 1. The van der Waals surface area contributed by atoms with Gasteiger partial charge in [0.25, 0.3) is 5.91 Å². The first-order valence-electron chi connectivity index (χ1n) is 5.85. The zero-order chi connectivity index (χ0) is 13.9. The van der Waals surface area contributed by atoms with Gasteiger partial charge in [-0.25, -0.2) is 4.68 Å². The van der Waals surface area contributed by atoms with Crippen LogP contribution in [0.3, 0.4) is 0 Å². The lowest BCUT2D eigenvalue weighted by Crippen LogP contribution is -2.13. The second-order valence-corrected chi connectivity index (χ2v) is 4.49. The van der Waals surface area contributed by atoms with Crippen LogP contribution < -0.4 is 5.32 Å². The number of nitrogens with zero attached hydrogens (tertiary/aromatic N) is 3. The maximum Gasteiger partial charge on any atom is 0.277 e. The molecule has 0 saturated carbocycles. The lowest BCUT2D eigenvalue weighted by molar-refractivity contribution is 0.102. The summed E-state index contributed by atoms with van der Waals surface area (Å²) in [5.41, 5.74) is 1.10. The SMILES string of the molecule is O=C(Nc1ccn[nH]1)c1ccn(-c2cccc(Cl)c2)n1. The topological polar surface area (TPSA) is 75.6 Å². The highest BCUT2D eigenvalue weighted by Gasteiger charge is 2.11. The summed E-state index contributed by atoms with van der Waals surface area (Å²) in [4.78, 5) is 12.0. The zero-order valence-electron chi connectivity index (χ0n) is 10.2. The van der Waals surface area contributed by atoms with Crippen molar-refractivity contribution in [1.29, 1.82) is 0 Å². The molecule has 2 aromatic heterocycles. The molecule has 100 valence electrons. The van der Waals surface area contributed by atoms with Gasteiger partial charge in [-0.2, -0.15) is 10.2 Å². The standard InChI is InChI=1S/C13H10ClN5O/c14-9-2-1-3-10(8-9)19-7-5-11(18-19)13(20)16-12-4-6-15-17-12/h1-8H,(H2,15,16,17,20). The largest absolute Gasteiger partial charge is 0.306 e. The Morgan fingerprint density at radius 1 is 1.30 bits per heavy atom. The van der Waals surface area contributed by atoms with Gasteiger partial charge in [-0.3, -0.25) is 9.89 Å².